The van der Waals surface area contributed by atoms with Crippen molar-refractivity contribution in [1.29, 1.82) is 0 Å². The Kier molecular flexibility index (Phi) is 5.56. The first kappa shape index (κ1) is 18.0. The number of nitrogens with zero attached hydrogens (tertiary/aromatic N) is 2. The van der Waals surface area contributed by atoms with Crippen molar-refractivity contribution in [2.75, 3.05) is 18.0 Å². The summed E-state index contributed by atoms with van der Waals surface area (Å²) in [5.74, 6) is -0.465. The van der Waals surface area contributed by atoms with E-state index < -0.39 is 0 Å². The van der Waals surface area contributed by atoms with Crippen molar-refractivity contribution in [2.24, 2.45) is 4.99 Å². The Hall–Kier alpha value is -2.82. The number of H-pyrrole nitrogens is 1. The largest absolute Gasteiger partial charge is 0.494 e. The highest BCUT2D eigenvalue weighted by Gasteiger charge is 2.12. The molecule has 0 unspecified atom stereocenters. The highest BCUT2D eigenvalue weighted by Crippen LogP contribution is 2.28. The van der Waals surface area contributed by atoms with Crippen LogP contribution in [-0.4, -0.2) is 29.4 Å². The molecular formula is C21H24FN3O. The van der Waals surface area contributed by atoms with Gasteiger partial charge in [-0.25, -0.2) is 4.39 Å². The van der Waals surface area contributed by atoms with E-state index in [0.29, 0.717) is 16.5 Å². The van der Waals surface area contributed by atoms with E-state index in [4.69, 9.17) is 0 Å². The van der Waals surface area contributed by atoms with Crippen LogP contribution in [0.25, 0.3) is 10.9 Å². The molecule has 0 saturated heterocycles. The van der Waals surface area contributed by atoms with E-state index in [1.165, 1.54) is 30.8 Å². The van der Waals surface area contributed by atoms with Crippen LogP contribution >= 0.6 is 0 Å². The van der Waals surface area contributed by atoms with E-state index in [1.54, 1.807) is 12.1 Å². The van der Waals surface area contributed by atoms with Crippen LogP contribution in [0.3, 0.4) is 0 Å². The Morgan fingerprint density at radius 1 is 1.15 bits per heavy atom. The zero-order chi connectivity index (χ0) is 18.5. The van der Waals surface area contributed by atoms with Crippen molar-refractivity contribution in [3.8, 4) is 5.88 Å². The Balaban J connectivity index is 1.82. The summed E-state index contributed by atoms with van der Waals surface area (Å²) < 4.78 is 14.1. The topological polar surface area (TPSA) is 51.6 Å². The number of nitrogens with one attached hydrogen (secondary N) is 1. The molecule has 0 aliphatic carbocycles. The summed E-state index contributed by atoms with van der Waals surface area (Å²) in [6.07, 6.45) is 3.84. The molecule has 4 nitrogen and oxygen atoms in total. The number of halogens is 1. The van der Waals surface area contributed by atoms with Gasteiger partial charge in [0, 0.05) is 30.4 Å². The van der Waals surface area contributed by atoms with Crippen LogP contribution in [0, 0.1) is 5.82 Å². The number of aliphatic imine (C=N–C) groups is 1. The molecule has 2 N–H and O–H groups in total. The maximum Gasteiger partial charge on any atom is 0.198 e. The summed E-state index contributed by atoms with van der Waals surface area (Å²) in [5, 5.41) is 10.4. The average molecular weight is 353 g/mol. The lowest BCUT2D eigenvalue weighted by Crippen LogP contribution is -2.23. The Morgan fingerprint density at radius 3 is 2.62 bits per heavy atom. The predicted molar refractivity (Wildman–Crippen MR) is 106 cm³/mol. The van der Waals surface area contributed by atoms with Gasteiger partial charge in [0.15, 0.2) is 5.88 Å². The molecule has 0 aliphatic rings. The molecule has 0 spiro atoms. The predicted octanol–water partition coefficient (Wildman–Crippen LogP) is 5.39. The number of hydrogen-bond acceptors (Lipinski definition) is 3. The maximum atomic E-state index is 14.1. The molecule has 0 fully saturated rings. The molecule has 0 aliphatic heterocycles. The number of aromatic hydroxyl groups is 1. The van der Waals surface area contributed by atoms with E-state index in [2.05, 4.69) is 28.7 Å². The minimum atomic E-state index is -0.384. The van der Waals surface area contributed by atoms with Gasteiger partial charge in [-0.1, -0.05) is 19.4 Å². The number of hydrogen-bond donors (Lipinski definition) is 2. The lowest BCUT2D eigenvalue weighted by Gasteiger charge is -2.22. The summed E-state index contributed by atoms with van der Waals surface area (Å²) >= 11 is 0. The minimum Gasteiger partial charge on any atom is -0.494 e. The smallest absolute Gasteiger partial charge is 0.198 e. The summed E-state index contributed by atoms with van der Waals surface area (Å²) in [4.78, 5) is 9.50. The quantitative estimate of drug-likeness (QED) is 0.560. The number of unbranched alkanes of at least 4 members (excludes halogenated alkanes) is 1. The Bertz CT molecular complexity index is 900. The monoisotopic (exact) mass is 353 g/mol. The Morgan fingerprint density at radius 2 is 1.92 bits per heavy atom. The maximum absolute atomic E-state index is 14.1. The molecule has 0 bridgehead atoms. The van der Waals surface area contributed by atoms with Gasteiger partial charge in [0.05, 0.1) is 16.8 Å². The van der Waals surface area contributed by atoms with Crippen molar-refractivity contribution >= 4 is 28.5 Å². The van der Waals surface area contributed by atoms with Crippen LogP contribution in [0.2, 0.25) is 0 Å². The van der Waals surface area contributed by atoms with Gasteiger partial charge in [-0.2, -0.15) is 0 Å². The zero-order valence-corrected chi connectivity index (χ0v) is 15.2. The fourth-order valence-electron chi connectivity index (χ4n) is 3.05. The van der Waals surface area contributed by atoms with E-state index >= 15 is 0 Å². The van der Waals surface area contributed by atoms with E-state index in [0.717, 1.165) is 18.8 Å². The molecule has 0 atom stereocenters. The van der Waals surface area contributed by atoms with Crippen molar-refractivity contribution in [1.82, 2.24) is 4.98 Å². The van der Waals surface area contributed by atoms with Crippen LogP contribution in [0.15, 0.2) is 47.5 Å². The minimum absolute atomic E-state index is 0.0813. The third-order valence-electron chi connectivity index (χ3n) is 4.51. The standard InChI is InChI=1S/C21H24FN3O/c1-3-5-13-25(4-2)16-11-9-15(10-12-16)23-14-17-20-18(22)7-6-8-19(20)24-21(17)26/h6-12,14,24,26H,3-5,13H2,1-2H3. The molecule has 1 heterocycles. The second-order valence-corrected chi connectivity index (χ2v) is 6.26. The van der Waals surface area contributed by atoms with Gasteiger partial charge in [-0.15, -0.1) is 0 Å². The van der Waals surface area contributed by atoms with Crippen molar-refractivity contribution in [2.45, 2.75) is 26.7 Å². The second-order valence-electron chi connectivity index (χ2n) is 6.26. The first-order chi connectivity index (χ1) is 12.6. The number of rotatable bonds is 7. The van der Waals surface area contributed by atoms with E-state index in [-0.39, 0.29) is 11.7 Å². The van der Waals surface area contributed by atoms with Gasteiger partial charge < -0.3 is 15.0 Å². The van der Waals surface area contributed by atoms with Gasteiger partial charge in [-0.3, -0.25) is 4.99 Å². The molecule has 3 aromatic rings. The zero-order valence-electron chi connectivity index (χ0n) is 15.2. The molecule has 26 heavy (non-hydrogen) atoms. The van der Waals surface area contributed by atoms with Gasteiger partial charge in [-0.05, 0) is 49.7 Å². The van der Waals surface area contributed by atoms with E-state index in [9.17, 15) is 9.50 Å². The van der Waals surface area contributed by atoms with Crippen LogP contribution < -0.4 is 4.90 Å². The average Bonchev–Trinajstić information content (AvgIpc) is 2.98. The highest BCUT2D eigenvalue weighted by molar-refractivity contribution is 6.02. The molecule has 136 valence electrons. The lowest BCUT2D eigenvalue weighted by atomic mass is 10.1. The van der Waals surface area contributed by atoms with Crippen molar-refractivity contribution in [3.05, 3.63) is 53.8 Å². The van der Waals surface area contributed by atoms with Crippen LogP contribution in [0.5, 0.6) is 5.88 Å². The molecule has 0 saturated carbocycles. The fourth-order valence-corrected chi connectivity index (χ4v) is 3.05. The third kappa shape index (κ3) is 3.72. The summed E-state index contributed by atoms with van der Waals surface area (Å²) in [6, 6.07) is 12.6. The van der Waals surface area contributed by atoms with Crippen LogP contribution in [-0.2, 0) is 0 Å². The SMILES string of the molecule is CCCCN(CC)c1ccc(N=Cc2c(O)[nH]c3cccc(F)c23)cc1. The number of anilines is 1. The first-order valence-corrected chi connectivity index (χ1v) is 9.02. The van der Waals surface area contributed by atoms with Crippen molar-refractivity contribution < 1.29 is 9.50 Å². The Labute approximate surface area is 153 Å². The molecule has 5 heteroatoms. The molecule has 0 radical (unpaired) electrons. The molecule has 0 amide bonds. The highest BCUT2D eigenvalue weighted by atomic mass is 19.1. The lowest BCUT2D eigenvalue weighted by molar-refractivity contribution is 0.457. The molecular weight excluding hydrogens is 329 g/mol. The third-order valence-corrected chi connectivity index (χ3v) is 4.51. The van der Waals surface area contributed by atoms with Crippen LogP contribution in [0.4, 0.5) is 15.8 Å². The molecule has 1 aromatic heterocycles. The summed E-state index contributed by atoms with van der Waals surface area (Å²) in [6.45, 7) is 6.34. The second kappa shape index (κ2) is 8.04. The van der Waals surface area contributed by atoms with Gasteiger partial charge in [0.1, 0.15) is 5.82 Å². The van der Waals surface area contributed by atoms with Gasteiger partial charge in [0.25, 0.3) is 0 Å². The summed E-state index contributed by atoms with van der Waals surface area (Å²) in [7, 11) is 0. The van der Waals surface area contributed by atoms with Gasteiger partial charge >= 0.3 is 0 Å². The normalized spacial score (nSPS) is 11.5. The van der Waals surface area contributed by atoms with E-state index in [1.807, 2.05) is 24.3 Å². The fraction of sp³-hybridized carbons (Fsp3) is 0.286. The molecule has 3 rings (SSSR count). The molecule has 2 aromatic carbocycles. The number of aromatic nitrogens is 1. The first-order valence-electron chi connectivity index (χ1n) is 9.02. The number of aromatic amines is 1. The van der Waals surface area contributed by atoms with Crippen LogP contribution in [0.1, 0.15) is 32.3 Å². The number of fused-ring (bicyclic) bond motifs is 1. The summed E-state index contributed by atoms with van der Waals surface area (Å²) in [5.41, 5.74) is 2.83. The number of benzene rings is 2. The van der Waals surface area contributed by atoms with Gasteiger partial charge in [0.2, 0.25) is 0 Å². The van der Waals surface area contributed by atoms with Crippen molar-refractivity contribution in [3.63, 3.8) is 0 Å².